The lowest BCUT2D eigenvalue weighted by Crippen LogP contribution is -2.42. The Bertz CT molecular complexity index is 450. The van der Waals surface area contributed by atoms with Gasteiger partial charge in [0.15, 0.2) is 0 Å². The molecule has 1 aromatic rings. The molecule has 0 unspecified atom stereocenters. The Balaban J connectivity index is 2.14. The lowest BCUT2D eigenvalue weighted by molar-refractivity contribution is 0.00900. The number of carbonyl (C=O) groups excluding carboxylic acids is 1. The summed E-state index contributed by atoms with van der Waals surface area (Å²) in [5.74, 6) is 0.449. The third-order valence-corrected chi connectivity index (χ3v) is 3.11. The average Bonchev–Trinajstić information content (AvgIpc) is 2.73. The molecule has 1 aromatic heterocycles. The molecule has 0 aliphatic carbocycles. The van der Waals surface area contributed by atoms with Crippen molar-refractivity contribution in [2.75, 3.05) is 12.3 Å². The summed E-state index contributed by atoms with van der Waals surface area (Å²) in [6, 6.07) is 1.77. The van der Waals surface area contributed by atoms with Crippen LogP contribution < -0.4 is 5.73 Å². The van der Waals surface area contributed by atoms with Crippen molar-refractivity contribution in [3.8, 4) is 0 Å². The molecule has 0 spiro atoms. The number of piperidine rings is 1. The molecule has 0 saturated carbocycles. The first-order valence-corrected chi connectivity index (χ1v) is 6.67. The summed E-state index contributed by atoms with van der Waals surface area (Å²) in [5, 5.41) is 6.83. The second-order valence-electron chi connectivity index (χ2n) is 5.93. The summed E-state index contributed by atoms with van der Waals surface area (Å²) >= 11 is 0. The third-order valence-electron chi connectivity index (χ3n) is 3.11. The molecule has 0 aromatic carbocycles. The Kier molecular flexibility index (Phi) is 3.68. The second kappa shape index (κ2) is 5.11. The Labute approximate surface area is 113 Å². The van der Waals surface area contributed by atoms with E-state index in [2.05, 4.69) is 10.2 Å². The Hall–Kier alpha value is -1.72. The maximum atomic E-state index is 12.2. The third kappa shape index (κ3) is 3.39. The zero-order valence-electron chi connectivity index (χ0n) is 11.8. The van der Waals surface area contributed by atoms with Gasteiger partial charge in [0.05, 0.1) is 11.7 Å². The fraction of sp³-hybridized carbons (Fsp3) is 0.692. The first kappa shape index (κ1) is 13.7. The van der Waals surface area contributed by atoms with Gasteiger partial charge < -0.3 is 10.5 Å². The summed E-state index contributed by atoms with van der Waals surface area (Å²) in [4.78, 5) is 14.0. The van der Waals surface area contributed by atoms with Crippen LogP contribution >= 0.6 is 0 Å². The second-order valence-corrected chi connectivity index (χ2v) is 5.93. The minimum atomic E-state index is -0.480. The Morgan fingerprint density at radius 1 is 1.53 bits per heavy atom. The van der Waals surface area contributed by atoms with E-state index in [1.54, 1.807) is 11.0 Å². The van der Waals surface area contributed by atoms with Crippen molar-refractivity contribution in [1.29, 1.82) is 0 Å². The summed E-state index contributed by atoms with van der Waals surface area (Å²) in [6.45, 7) is 6.33. The molecule has 3 N–H and O–H groups in total. The van der Waals surface area contributed by atoms with Gasteiger partial charge in [0.2, 0.25) is 0 Å². The molecule has 1 fully saturated rings. The highest BCUT2D eigenvalue weighted by molar-refractivity contribution is 5.69. The number of hydrogen-bond acceptors (Lipinski definition) is 4. The topological polar surface area (TPSA) is 84.2 Å². The van der Waals surface area contributed by atoms with E-state index < -0.39 is 5.60 Å². The number of nitrogens with two attached hydrogens (primary N) is 1. The molecular formula is C13H22N4O2. The first-order valence-electron chi connectivity index (χ1n) is 6.67. The van der Waals surface area contributed by atoms with Crippen molar-refractivity contribution in [3.63, 3.8) is 0 Å². The summed E-state index contributed by atoms with van der Waals surface area (Å²) in [5.41, 5.74) is 6.03. The number of nitrogens with one attached hydrogen (secondary N) is 1. The molecule has 1 amide bonds. The zero-order valence-corrected chi connectivity index (χ0v) is 11.8. The number of nitrogens with zero attached hydrogens (tertiary/aromatic N) is 2. The van der Waals surface area contributed by atoms with Crippen molar-refractivity contribution in [1.82, 2.24) is 15.1 Å². The van der Waals surface area contributed by atoms with E-state index in [1.807, 2.05) is 20.8 Å². The molecule has 1 atom stereocenters. The minimum Gasteiger partial charge on any atom is -0.444 e. The fourth-order valence-corrected chi connectivity index (χ4v) is 2.32. The fourth-order valence-electron chi connectivity index (χ4n) is 2.32. The standard InChI is InChI=1S/C13H22N4O2/c1-13(2,3)19-12(18)17-7-5-4-6-10(17)9-8-11(14)16-15-9/h8,10H,4-7H2,1-3H3,(H3,14,15,16)/t10-/m1/s1. The highest BCUT2D eigenvalue weighted by atomic mass is 16.6. The Morgan fingerprint density at radius 3 is 2.84 bits per heavy atom. The molecule has 1 saturated heterocycles. The number of carbonyl (C=O) groups is 1. The first-order chi connectivity index (χ1) is 8.87. The largest absolute Gasteiger partial charge is 0.444 e. The van der Waals surface area contributed by atoms with Crippen molar-refractivity contribution in [3.05, 3.63) is 11.8 Å². The van der Waals surface area contributed by atoms with Crippen LogP contribution in [0, 0.1) is 0 Å². The van der Waals surface area contributed by atoms with E-state index in [0.29, 0.717) is 12.4 Å². The molecule has 2 heterocycles. The molecule has 106 valence electrons. The van der Waals surface area contributed by atoms with Crippen LogP contribution in [0.4, 0.5) is 10.6 Å². The predicted molar refractivity (Wildman–Crippen MR) is 72.5 cm³/mol. The summed E-state index contributed by atoms with van der Waals surface area (Å²) in [6.07, 6.45) is 2.72. The van der Waals surface area contributed by atoms with Gasteiger partial charge in [-0.1, -0.05) is 0 Å². The van der Waals surface area contributed by atoms with Crippen molar-refractivity contribution in [2.45, 2.75) is 51.7 Å². The van der Waals surface area contributed by atoms with Gasteiger partial charge >= 0.3 is 6.09 Å². The lowest BCUT2D eigenvalue weighted by Gasteiger charge is -2.36. The quantitative estimate of drug-likeness (QED) is 0.817. The highest BCUT2D eigenvalue weighted by Crippen LogP contribution is 2.31. The number of aromatic amines is 1. The summed E-state index contributed by atoms with van der Waals surface area (Å²) in [7, 11) is 0. The van der Waals surface area contributed by atoms with Crippen LogP contribution in [0.3, 0.4) is 0 Å². The smallest absolute Gasteiger partial charge is 0.410 e. The van der Waals surface area contributed by atoms with Gasteiger partial charge in [-0.15, -0.1) is 0 Å². The monoisotopic (exact) mass is 266 g/mol. The predicted octanol–water partition coefficient (Wildman–Crippen LogP) is 2.45. The molecule has 19 heavy (non-hydrogen) atoms. The van der Waals surface area contributed by atoms with Crippen LogP contribution in [0.15, 0.2) is 6.07 Å². The van der Waals surface area contributed by atoms with Gasteiger partial charge in [-0.05, 0) is 40.0 Å². The van der Waals surface area contributed by atoms with Crippen LogP contribution in [0.25, 0.3) is 0 Å². The van der Waals surface area contributed by atoms with E-state index in [0.717, 1.165) is 25.0 Å². The molecule has 2 rings (SSSR count). The van der Waals surface area contributed by atoms with Gasteiger partial charge in [-0.25, -0.2) is 4.79 Å². The van der Waals surface area contributed by atoms with Crippen molar-refractivity contribution < 1.29 is 9.53 Å². The molecule has 0 radical (unpaired) electrons. The van der Waals surface area contributed by atoms with Crippen LogP contribution in [0.1, 0.15) is 51.8 Å². The van der Waals surface area contributed by atoms with Gasteiger partial charge in [0, 0.05) is 12.6 Å². The van der Waals surface area contributed by atoms with Crippen LogP contribution in [0.5, 0.6) is 0 Å². The number of aromatic nitrogens is 2. The maximum Gasteiger partial charge on any atom is 0.410 e. The van der Waals surface area contributed by atoms with E-state index in [9.17, 15) is 4.79 Å². The minimum absolute atomic E-state index is 0.0200. The number of nitrogen functional groups attached to an aromatic ring is 1. The molecular weight excluding hydrogens is 244 g/mol. The number of rotatable bonds is 1. The number of hydrogen-bond donors (Lipinski definition) is 2. The van der Waals surface area contributed by atoms with E-state index >= 15 is 0 Å². The van der Waals surface area contributed by atoms with Gasteiger partial charge in [-0.2, -0.15) is 5.10 Å². The van der Waals surface area contributed by atoms with Gasteiger partial charge in [0.25, 0.3) is 0 Å². The van der Waals surface area contributed by atoms with E-state index in [4.69, 9.17) is 10.5 Å². The molecule has 1 aliphatic heterocycles. The van der Waals surface area contributed by atoms with Crippen LogP contribution in [-0.4, -0.2) is 33.3 Å². The lowest BCUT2D eigenvalue weighted by atomic mass is 10.00. The van der Waals surface area contributed by atoms with Crippen LogP contribution in [0.2, 0.25) is 0 Å². The van der Waals surface area contributed by atoms with E-state index in [-0.39, 0.29) is 12.1 Å². The number of ether oxygens (including phenoxy) is 1. The number of anilines is 1. The number of likely N-dealkylation sites (tertiary alicyclic amines) is 1. The zero-order chi connectivity index (χ0) is 14.0. The van der Waals surface area contributed by atoms with Crippen molar-refractivity contribution in [2.24, 2.45) is 0 Å². The maximum absolute atomic E-state index is 12.2. The van der Waals surface area contributed by atoms with E-state index in [1.165, 1.54) is 0 Å². The molecule has 0 bridgehead atoms. The highest BCUT2D eigenvalue weighted by Gasteiger charge is 2.32. The van der Waals surface area contributed by atoms with Crippen LogP contribution in [-0.2, 0) is 4.74 Å². The summed E-state index contributed by atoms with van der Waals surface area (Å²) < 4.78 is 5.46. The Morgan fingerprint density at radius 2 is 2.26 bits per heavy atom. The van der Waals surface area contributed by atoms with Crippen molar-refractivity contribution >= 4 is 11.9 Å². The SMILES string of the molecule is CC(C)(C)OC(=O)N1CCCC[C@@H]1c1cc(N)n[nH]1. The van der Waals surface area contributed by atoms with Gasteiger partial charge in [0.1, 0.15) is 11.4 Å². The van der Waals surface area contributed by atoms with Gasteiger partial charge in [-0.3, -0.25) is 10.00 Å². The number of amides is 1. The number of H-pyrrole nitrogens is 1. The average molecular weight is 266 g/mol. The molecule has 6 heteroatoms. The molecule has 1 aliphatic rings. The normalized spacial score (nSPS) is 20.4. The molecule has 6 nitrogen and oxygen atoms in total.